The number of anilines is 1. The normalized spacial score (nSPS) is 10.8. The van der Waals surface area contributed by atoms with Crippen LogP contribution in [0.2, 0.25) is 0 Å². The van der Waals surface area contributed by atoms with Gasteiger partial charge < -0.3 is 14.5 Å². The third-order valence-electron chi connectivity index (χ3n) is 3.99. The number of fused-ring (bicyclic) bond motifs is 1. The van der Waals surface area contributed by atoms with Gasteiger partial charge >= 0.3 is 0 Å². The van der Waals surface area contributed by atoms with E-state index in [4.69, 9.17) is 9.15 Å². The highest BCUT2D eigenvalue weighted by Gasteiger charge is 2.11. The largest absolute Gasteiger partial charge is 0.484 e. The summed E-state index contributed by atoms with van der Waals surface area (Å²) in [6.07, 6.45) is 0. The standard InChI is InChI=1S/C21H16IN3O3S/c22-16-6-8-17(9-7-16)23-19(26)13-29-21-25-24-20(28-21)12-27-18-10-5-14-3-1-2-4-15(14)11-18/h1-11H,12-13H2,(H,23,26). The Balaban J connectivity index is 1.27. The summed E-state index contributed by atoms with van der Waals surface area (Å²) in [5.41, 5.74) is 0.756. The van der Waals surface area contributed by atoms with Crippen LogP contribution < -0.4 is 10.1 Å². The fraction of sp³-hybridized carbons (Fsp3) is 0.0952. The number of carbonyl (C=O) groups is 1. The van der Waals surface area contributed by atoms with Crippen molar-refractivity contribution in [2.75, 3.05) is 11.1 Å². The van der Waals surface area contributed by atoms with Crippen molar-refractivity contribution in [2.45, 2.75) is 11.8 Å². The first-order valence-corrected chi connectivity index (χ1v) is 10.8. The summed E-state index contributed by atoms with van der Waals surface area (Å²) in [6, 6.07) is 21.5. The average molecular weight is 517 g/mol. The summed E-state index contributed by atoms with van der Waals surface area (Å²) in [7, 11) is 0. The van der Waals surface area contributed by atoms with E-state index in [1.165, 1.54) is 11.8 Å². The van der Waals surface area contributed by atoms with Crippen molar-refractivity contribution in [3.05, 3.63) is 76.2 Å². The van der Waals surface area contributed by atoms with E-state index < -0.39 is 0 Å². The maximum atomic E-state index is 12.0. The van der Waals surface area contributed by atoms with Crippen molar-refractivity contribution in [1.29, 1.82) is 0 Å². The molecule has 1 amide bonds. The minimum Gasteiger partial charge on any atom is -0.484 e. The highest BCUT2D eigenvalue weighted by Crippen LogP contribution is 2.22. The van der Waals surface area contributed by atoms with Crippen molar-refractivity contribution in [3.63, 3.8) is 0 Å². The van der Waals surface area contributed by atoms with Crippen molar-refractivity contribution in [2.24, 2.45) is 0 Å². The first kappa shape index (κ1) is 19.7. The highest BCUT2D eigenvalue weighted by atomic mass is 127. The van der Waals surface area contributed by atoms with Crippen LogP contribution >= 0.6 is 34.4 Å². The van der Waals surface area contributed by atoms with Gasteiger partial charge in [-0.25, -0.2) is 0 Å². The summed E-state index contributed by atoms with van der Waals surface area (Å²) in [6.45, 7) is 0.167. The molecule has 0 fully saturated rings. The summed E-state index contributed by atoms with van der Waals surface area (Å²) >= 11 is 3.40. The predicted molar refractivity (Wildman–Crippen MR) is 121 cm³/mol. The van der Waals surface area contributed by atoms with Gasteiger partial charge in [0.05, 0.1) is 5.75 Å². The van der Waals surface area contributed by atoms with Crippen LogP contribution in [-0.2, 0) is 11.4 Å². The maximum absolute atomic E-state index is 12.0. The Bertz CT molecular complexity index is 1130. The number of thioether (sulfide) groups is 1. The van der Waals surface area contributed by atoms with Gasteiger partial charge in [-0.1, -0.05) is 42.1 Å². The molecule has 0 unspecified atom stereocenters. The second-order valence-electron chi connectivity index (χ2n) is 6.10. The van der Waals surface area contributed by atoms with Crippen LogP contribution in [-0.4, -0.2) is 21.9 Å². The summed E-state index contributed by atoms with van der Waals surface area (Å²) in [4.78, 5) is 12.0. The van der Waals surface area contributed by atoms with E-state index in [2.05, 4.69) is 44.2 Å². The Morgan fingerprint density at radius 1 is 1.03 bits per heavy atom. The second-order valence-corrected chi connectivity index (χ2v) is 8.28. The number of amides is 1. The Kier molecular flexibility index (Phi) is 6.30. The molecule has 0 atom stereocenters. The zero-order valence-electron chi connectivity index (χ0n) is 15.2. The Labute approximate surface area is 185 Å². The predicted octanol–water partition coefficient (Wildman–Crippen LogP) is 5.14. The molecule has 0 saturated carbocycles. The van der Waals surface area contributed by atoms with Crippen LogP contribution in [0.25, 0.3) is 10.8 Å². The molecule has 1 aromatic heterocycles. The Morgan fingerprint density at radius 2 is 1.83 bits per heavy atom. The molecule has 8 heteroatoms. The van der Waals surface area contributed by atoms with Gasteiger partial charge in [0.1, 0.15) is 5.75 Å². The molecule has 0 saturated heterocycles. The highest BCUT2D eigenvalue weighted by molar-refractivity contribution is 14.1. The molecule has 146 valence electrons. The van der Waals surface area contributed by atoms with Crippen LogP contribution in [0.5, 0.6) is 5.75 Å². The van der Waals surface area contributed by atoms with Gasteiger partial charge in [0.25, 0.3) is 11.1 Å². The number of hydrogen-bond acceptors (Lipinski definition) is 6. The van der Waals surface area contributed by atoms with Gasteiger partial charge in [-0.15, -0.1) is 10.2 Å². The lowest BCUT2D eigenvalue weighted by Crippen LogP contribution is -2.13. The van der Waals surface area contributed by atoms with E-state index in [1.54, 1.807) is 0 Å². The number of rotatable bonds is 7. The summed E-state index contributed by atoms with van der Waals surface area (Å²) < 4.78 is 12.4. The molecule has 0 aliphatic carbocycles. The van der Waals surface area contributed by atoms with Gasteiger partial charge in [0.2, 0.25) is 5.91 Å². The maximum Gasteiger partial charge on any atom is 0.277 e. The molecule has 4 aromatic rings. The number of carbonyl (C=O) groups excluding carboxylic acids is 1. The van der Waals surface area contributed by atoms with E-state index in [9.17, 15) is 4.79 Å². The SMILES string of the molecule is O=C(CSc1nnc(COc2ccc3ccccc3c2)o1)Nc1ccc(I)cc1. The van der Waals surface area contributed by atoms with Crippen LogP contribution in [0.3, 0.4) is 0 Å². The number of halogens is 1. The number of nitrogens with one attached hydrogen (secondary N) is 1. The van der Waals surface area contributed by atoms with Crippen LogP contribution in [0.1, 0.15) is 5.89 Å². The minimum atomic E-state index is -0.136. The van der Waals surface area contributed by atoms with Crippen molar-refractivity contribution < 1.29 is 13.9 Å². The summed E-state index contributed by atoms with van der Waals surface area (Å²) in [5.74, 6) is 1.13. The molecule has 0 spiro atoms. The van der Waals surface area contributed by atoms with Gasteiger partial charge in [-0.05, 0) is 69.8 Å². The molecule has 0 bridgehead atoms. The number of nitrogens with zero attached hydrogens (tertiary/aromatic N) is 2. The van der Waals surface area contributed by atoms with Crippen LogP contribution in [0.15, 0.2) is 76.4 Å². The molecule has 0 aliphatic heterocycles. The van der Waals surface area contributed by atoms with Gasteiger partial charge in [-0.3, -0.25) is 4.79 Å². The fourth-order valence-electron chi connectivity index (χ4n) is 2.61. The lowest BCUT2D eigenvalue weighted by Gasteiger charge is -2.05. The average Bonchev–Trinajstić information content (AvgIpc) is 3.20. The molecule has 1 N–H and O–H groups in total. The van der Waals surface area contributed by atoms with Gasteiger partial charge in [-0.2, -0.15) is 0 Å². The number of aromatic nitrogens is 2. The first-order chi connectivity index (χ1) is 14.2. The lowest BCUT2D eigenvalue weighted by atomic mass is 10.1. The molecule has 4 rings (SSSR count). The topological polar surface area (TPSA) is 77.2 Å². The third-order valence-corrected chi connectivity index (χ3v) is 5.52. The quantitative estimate of drug-likeness (QED) is 0.270. The Hall–Kier alpha value is -2.59. The van der Waals surface area contributed by atoms with Crippen LogP contribution in [0, 0.1) is 3.57 Å². The zero-order valence-corrected chi connectivity index (χ0v) is 18.1. The van der Waals surface area contributed by atoms with E-state index in [-0.39, 0.29) is 18.3 Å². The first-order valence-electron chi connectivity index (χ1n) is 8.78. The number of hydrogen-bond donors (Lipinski definition) is 1. The van der Waals surface area contributed by atoms with Gasteiger partial charge in [0, 0.05) is 9.26 Å². The molecule has 3 aromatic carbocycles. The molecular formula is C21H16IN3O3S. The van der Waals surface area contributed by atoms with Crippen LogP contribution in [0.4, 0.5) is 5.69 Å². The third kappa shape index (κ3) is 5.48. The number of ether oxygens (including phenoxy) is 1. The van der Waals surface area contributed by atoms with Crippen molar-refractivity contribution in [3.8, 4) is 5.75 Å². The second kappa shape index (κ2) is 9.27. The van der Waals surface area contributed by atoms with E-state index in [0.717, 1.165) is 25.8 Å². The van der Waals surface area contributed by atoms with E-state index in [1.807, 2.05) is 60.7 Å². The summed E-state index contributed by atoms with van der Waals surface area (Å²) in [5, 5.41) is 13.3. The van der Waals surface area contributed by atoms with Gasteiger partial charge in [0.15, 0.2) is 6.61 Å². The van der Waals surface area contributed by atoms with Crippen molar-refractivity contribution in [1.82, 2.24) is 10.2 Å². The minimum absolute atomic E-state index is 0.136. The fourth-order valence-corrected chi connectivity index (χ4v) is 3.55. The molecule has 0 radical (unpaired) electrons. The smallest absolute Gasteiger partial charge is 0.277 e. The molecule has 1 heterocycles. The Morgan fingerprint density at radius 3 is 2.66 bits per heavy atom. The molecule has 6 nitrogen and oxygen atoms in total. The van der Waals surface area contributed by atoms with E-state index >= 15 is 0 Å². The van der Waals surface area contributed by atoms with E-state index in [0.29, 0.717) is 11.1 Å². The monoisotopic (exact) mass is 517 g/mol. The lowest BCUT2D eigenvalue weighted by molar-refractivity contribution is -0.113. The number of benzene rings is 3. The molecular weight excluding hydrogens is 501 g/mol. The molecule has 29 heavy (non-hydrogen) atoms. The zero-order chi connectivity index (χ0) is 20.1. The molecule has 0 aliphatic rings. The van der Waals surface area contributed by atoms with Crippen molar-refractivity contribution >= 4 is 56.7 Å².